The number of phosphoric acid groups is 1. The van der Waals surface area contributed by atoms with E-state index >= 15 is 0 Å². The summed E-state index contributed by atoms with van der Waals surface area (Å²) in [4.78, 5) is 43.6. The lowest BCUT2D eigenvalue weighted by Gasteiger charge is -2.17. The van der Waals surface area contributed by atoms with Crippen LogP contribution in [0.15, 0.2) is 23.8 Å². The van der Waals surface area contributed by atoms with Crippen LogP contribution >= 0.6 is 7.82 Å². The third-order valence-electron chi connectivity index (χ3n) is 5.11. The van der Waals surface area contributed by atoms with Crippen molar-refractivity contribution in [3.63, 3.8) is 0 Å². The first-order valence-corrected chi connectivity index (χ1v) is 11.8. The summed E-state index contributed by atoms with van der Waals surface area (Å²) in [7, 11) is -4.43. The lowest BCUT2D eigenvalue weighted by molar-refractivity contribution is -0.114. The molecular weight excluding hydrogens is 459 g/mol. The van der Waals surface area contributed by atoms with Crippen molar-refractivity contribution in [1.82, 2.24) is 19.5 Å². The fourth-order valence-corrected chi connectivity index (χ4v) is 4.15. The van der Waals surface area contributed by atoms with Crippen LogP contribution in [-0.2, 0) is 23.1 Å². The van der Waals surface area contributed by atoms with Crippen molar-refractivity contribution in [3.05, 3.63) is 35.2 Å². The van der Waals surface area contributed by atoms with E-state index in [4.69, 9.17) is 13.8 Å². The molecule has 2 aromatic rings. The number of carbonyl (C=O) groups excluding carboxylic acids is 1. The molecular formula is C19H27N4O9P. The van der Waals surface area contributed by atoms with Gasteiger partial charge in [0.15, 0.2) is 23.2 Å². The van der Waals surface area contributed by atoms with Gasteiger partial charge < -0.3 is 24.8 Å². The Morgan fingerprint density at radius 1 is 1.33 bits per heavy atom. The maximum absolute atomic E-state index is 12.1. The van der Waals surface area contributed by atoms with Crippen LogP contribution in [0.2, 0.25) is 0 Å². The molecule has 0 amide bonds. The van der Waals surface area contributed by atoms with Gasteiger partial charge >= 0.3 is 7.82 Å². The Morgan fingerprint density at radius 2 is 2.09 bits per heavy atom. The lowest BCUT2D eigenvalue weighted by Crippen LogP contribution is -2.33. The van der Waals surface area contributed by atoms with Crippen molar-refractivity contribution in [2.45, 2.75) is 57.1 Å². The monoisotopic (exact) mass is 486 g/mol. The highest BCUT2D eigenvalue weighted by Crippen LogP contribution is 2.44. The molecule has 1 aliphatic rings. The number of carbonyl (C=O) groups is 1. The summed E-state index contributed by atoms with van der Waals surface area (Å²) in [5, 5.41) is 20.7. The number of aromatic nitrogens is 4. The molecule has 5 atom stereocenters. The predicted molar refractivity (Wildman–Crippen MR) is 114 cm³/mol. The van der Waals surface area contributed by atoms with Gasteiger partial charge in [0.05, 0.1) is 19.5 Å². The number of nitrogens with one attached hydrogen (secondary N) is 1. The summed E-state index contributed by atoms with van der Waals surface area (Å²) in [6.07, 6.45) is -0.661. The number of allylic oxidation sites excluding steroid dienone is 1. The molecule has 4 N–H and O–H groups in total. The largest absolute Gasteiger partial charge is 0.472 e. The van der Waals surface area contributed by atoms with Gasteiger partial charge in [-0.05, 0) is 25.8 Å². The molecule has 33 heavy (non-hydrogen) atoms. The fourth-order valence-electron chi connectivity index (χ4n) is 3.38. The molecule has 0 bridgehead atoms. The highest BCUT2D eigenvalue weighted by molar-refractivity contribution is 7.47. The molecule has 0 spiro atoms. The minimum absolute atomic E-state index is 0.0349. The van der Waals surface area contributed by atoms with Gasteiger partial charge in [-0.25, -0.2) is 14.5 Å². The molecule has 13 nitrogen and oxygen atoms in total. The number of H-pyrrole nitrogens is 1. The quantitative estimate of drug-likeness (QED) is 0.186. The molecule has 1 fully saturated rings. The van der Waals surface area contributed by atoms with E-state index in [2.05, 4.69) is 21.5 Å². The van der Waals surface area contributed by atoms with Crippen LogP contribution in [0.5, 0.6) is 0 Å². The average Bonchev–Trinajstić information content (AvgIpc) is 3.30. The molecule has 14 heteroatoms. The maximum atomic E-state index is 12.1. The normalized spacial score (nSPS) is 24.7. The van der Waals surface area contributed by atoms with Gasteiger partial charge in [0.2, 0.25) is 0 Å². The van der Waals surface area contributed by atoms with Gasteiger partial charge in [-0.3, -0.25) is 23.2 Å². The van der Waals surface area contributed by atoms with Crippen molar-refractivity contribution in [1.29, 1.82) is 0 Å². The number of aromatic amines is 1. The predicted octanol–water partition coefficient (Wildman–Crippen LogP) is 0.496. The second-order valence-electron chi connectivity index (χ2n) is 7.60. The number of rotatable bonds is 12. The molecule has 1 saturated heterocycles. The minimum Gasteiger partial charge on any atom is -0.387 e. The smallest absolute Gasteiger partial charge is 0.387 e. The Kier molecular flexibility index (Phi) is 8.29. The molecule has 2 aromatic heterocycles. The van der Waals surface area contributed by atoms with Crippen molar-refractivity contribution >= 4 is 24.8 Å². The number of hydrogen-bond acceptors (Lipinski definition) is 10. The molecule has 3 rings (SSSR count). The summed E-state index contributed by atoms with van der Waals surface area (Å²) in [5.41, 5.74) is -0.275. The number of ketones is 1. The number of aryl methyl sites for hydroxylation is 1. The third kappa shape index (κ3) is 6.21. The van der Waals surface area contributed by atoms with Crippen molar-refractivity contribution in [2.24, 2.45) is 0 Å². The summed E-state index contributed by atoms with van der Waals surface area (Å²) >= 11 is 0. The highest BCUT2D eigenvalue weighted by Gasteiger charge is 2.45. The number of ether oxygens (including phenoxy) is 1. The van der Waals surface area contributed by atoms with Crippen LogP contribution in [-0.4, -0.2) is 71.9 Å². The molecule has 0 radical (unpaired) electrons. The van der Waals surface area contributed by atoms with Crippen molar-refractivity contribution in [3.8, 4) is 0 Å². The standard InChI is InChI=1S/C19H27N4O9P/c1-3-12(24)7-5-4-6-8-30-33(28,29)31-9-13-15(25)16(26)19(32-13)23-10-20-14-17(23)21-11(2)22-18(14)27/h3,10,13,15-16,19,25-26H,1,4-9H2,2H3,(H,28,29)(H,21,22,27)/t13-,15-,16-,19-/m1/s1. The highest BCUT2D eigenvalue weighted by atomic mass is 31.2. The van der Waals surface area contributed by atoms with E-state index in [1.54, 1.807) is 6.92 Å². The van der Waals surface area contributed by atoms with E-state index < -0.39 is 44.5 Å². The van der Waals surface area contributed by atoms with E-state index in [1.165, 1.54) is 17.0 Å². The first-order chi connectivity index (χ1) is 15.6. The van der Waals surface area contributed by atoms with Gasteiger partial charge in [0, 0.05) is 6.42 Å². The number of hydrogen-bond donors (Lipinski definition) is 4. The van der Waals surface area contributed by atoms with Gasteiger partial charge in [0.1, 0.15) is 24.1 Å². The molecule has 1 aliphatic heterocycles. The average molecular weight is 486 g/mol. The molecule has 1 unspecified atom stereocenters. The Bertz CT molecular complexity index is 1100. The minimum atomic E-state index is -4.43. The van der Waals surface area contributed by atoms with Gasteiger partial charge in [-0.1, -0.05) is 13.0 Å². The first kappa shape index (κ1) is 25.4. The Hall–Kier alpha value is -2.25. The van der Waals surface area contributed by atoms with Crippen LogP contribution < -0.4 is 5.56 Å². The second-order valence-corrected chi connectivity index (χ2v) is 9.05. The Morgan fingerprint density at radius 3 is 2.82 bits per heavy atom. The third-order valence-corrected chi connectivity index (χ3v) is 6.10. The molecule has 0 saturated carbocycles. The van der Waals surface area contributed by atoms with Crippen LogP contribution in [0.4, 0.5) is 0 Å². The Labute approximate surface area is 188 Å². The summed E-state index contributed by atoms with van der Waals surface area (Å²) < 4.78 is 28.8. The number of imidazole rings is 1. The molecule has 182 valence electrons. The van der Waals surface area contributed by atoms with E-state index in [0.717, 1.165) is 0 Å². The fraction of sp³-hybridized carbons (Fsp3) is 0.579. The topological polar surface area (TPSA) is 186 Å². The molecule has 0 aromatic carbocycles. The number of fused-ring (bicyclic) bond motifs is 1. The van der Waals surface area contributed by atoms with Crippen LogP contribution in [0.25, 0.3) is 11.2 Å². The molecule has 3 heterocycles. The maximum Gasteiger partial charge on any atom is 0.472 e. The van der Waals surface area contributed by atoms with Gasteiger partial charge in [-0.15, -0.1) is 0 Å². The van der Waals surface area contributed by atoms with E-state index in [1.807, 2.05) is 0 Å². The van der Waals surface area contributed by atoms with Gasteiger partial charge in [0.25, 0.3) is 5.56 Å². The van der Waals surface area contributed by atoms with Crippen molar-refractivity contribution in [2.75, 3.05) is 13.2 Å². The Balaban J connectivity index is 1.53. The zero-order chi connectivity index (χ0) is 24.2. The number of aliphatic hydroxyl groups is 2. The summed E-state index contributed by atoms with van der Waals surface area (Å²) in [6.45, 7) is 4.37. The van der Waals surface area contributed by atoms with Gasteiger partial charge in [-0.2, -0.15) is 0 Å². The lowest BCUT2D eigenvalue weighted by atomic mass is 10.1. The van der Waals surface area contributed by atoms with E-state index in [9.17, 15) is 29.3 Å². The number of aliphatic hydroxyl groups excluding tert-OH is 2. The summed E-state index contributed by atoms with van der Waals surface area (Å²) in [6, 6.07) is 0. The van der Waals surface area contributed by atoms with E-state index in [-0.39, 0.29) is 23.6 Å². The zero-order valence-corrected chi connectivity index (χ0v) is 18.9. The van der Waals surface area contributed by atoms with E-state index in [0.29, 0.717) is 31.5 Å². The number of unbranched alkanes of at least 4 members (excludes halogenated alkanes) is 2. The number of nitrogens with zero attached hydrogens (tertiary/aromatic N) is 3. The van der Waals surface area contributed by atoms with Crippen molar-refractivity contribution < 1.29 is 38.3 Å². The van der Waals surface area contributed by atoms with Crippen LogP contribution in [0, 0.1) is 6.92 Å². The first-order valence-electron chi connectivity index (χ1n) is 10.3. The molecule has 0 aliphatic carbocycles. The number of phosphoric ester groups is 1. The SMILES string of the molecule is C=CC(=O)CCCCCOP(=O)(O)OC[C@H]1O[C@@H](n2cnc3c(=O)[nH]c(C)nc32)[C@H](O)[C@@H]1O. The van der Waals surface area contributed by atoms with Crippen LogP contribution in [0.3, 0.4) is 0 Å². The summed E-state index contributed by atoms with van der Waals surface area (Å²) in [5.74, 6) is 0.261. The zero-order valence-electron chi connectivity index (χ0n) is 18.0. The second kappa shape index (κ2) is 10.8. The van der Waals surface area contributed by atoms with Crippen LogP contribution in [0.1, 0.15) is 37.7 Å².